The van der Waals surface area contributed by atoms with Gasteiger partial charge in [0.25, 0.3) is 0 Å². The zero-order chi connectivity index (χ0) is 19.2. The lowest BCUT2D eigenvalue weighted by atomic mass is 10.2. The molecule has 0 radical (unpaired) electrons. The van der Waals surface area contributed by atoms with Gasteiger partial charge < -0.3 is 29.3 Å². The van der Waals surface area contributed by atoms with Crippen LogP contribution in [0.3, 0.4) is 0 Å². The Bertz CT molecular complexity index is 705. The van der Waals surface area contributed by atoms with Crippen molar-refractivity contribution in [3.05, 3.63) is 22.7 Å². The highest BCUT2D eigenvalue weighted by molar-refractivity contribution is 6.32. The standard InChI is InChI=1S/C18H25ClN4O4/c1-3-25-18(24)23-6-4-22(5-7-23)17(20-2)21-12-13-10-14(19)16-15(11-13)26-8-9-27-16/h10-11H,3-9,12H2,1-2H3,(H,20,21). The second-order valence-electron chi connectivity index (χ2n) is 6.18. The van der Waals surface area contributed by atoms with Crippen molar-refractivity contribution in [3.8, 4) is 11.5 Å². The van der Waals surface area contributed by atoms with Gasteiger partial charge in [-0.3, -0.25) is 4.99 Å². The van der Waals surface area contributed by atoms with Gasteiger partial charge in [-0.15, -0.1) is 0 Å². The molecule has 1 fully saturated rings. The number of amides is 1. The highest BCUT2D eigenvalue weighted by Gasteiger charge is 2.24. The zero-order valence-electron chi connectivity index (χ0n) is 15.7. The number of fused-ring (bicyclic) bond motifs is 1. The maximum atomic E-state index is 11.8. The van der Waals surface area contributed by atoms with Crippen LogP contribution in [0.25, 0.3) is 0 Å². The Balaban J connectivity index is 1.56. The van der Waals surface area contributed by atoms with Crippen molar-refractivity contribution in [1.82, 2.24) is 15.1 Å². The van der Waals surface area contributed by atoms with Crippen molar-refractivity contribution in [1.29, 1.82) is 0 Å². The summed E-state index contributed by atoms with van der Waals surface area (Å²) in [5.41, 5.74) is 0.982. The molecule has 8 nitrogen and oxygen atoms in total. The van der Waals surface area contributed by atoms with E-state index in [-0.39, 0.29) is 6.09 Å². The Kier molecular flexibility index (Phi) is 6.49. The van der Waals surface area contributed by atoms with Crippen LogP contribution in [0, 0.1) is 0 Å². The number of carbonyl (C=O) groups is 1. The van der Waals surface area contributed by atoms with E-state index < -0.39 is 0 Å². The maximum Gasteiger partial charge on any atom is 0.409 e. The molecule has 1 aromatic rings. The summed E-state index contributed by atoms with van der Waals surface area (Å²) in [6, 6.07) is 3.80. The third-order valence-electron chi connectivity index (χ3n) is 4.42. The van der Waals surface area contributed by atoms with Gasteiger partial charge >= 0.3 is 6.09 Å². The summed E-state index contributed by atoms with van der Waals surface area (Å²) in [4.78, 5) is 20.0. The van der Waals surface area contributed by atoms with Gasteiger partial charge in [0.05, 0.1) is 11.6 Å². The van der Waals surface area contributed by atoms with Gasteiger partial charge in [-0.25, -0.2) is 4.79 Å². The molecule has 2 aliphatic heterocycles. The number of rotatable bonds is 3. The lowest BCUT2D eigenvalue weighted by Gasteiger charge is -2.35. The molecule has 9 heteroatoms. The minimum Gasteiger partial charge on any atom is -0.486 e. The van der Waals surface area contributed by atoms with Gasteiger partial charge in [-0.05, 0) is 24.6 Å². The predicted octanol–water partition coefficient (Wildman–Crippen LogP) is 1.96. The molecule has 0 unspecified atom stereocenters. The number of hydrogen-bond acceptors (Lipinski definition) is 5. The quantitative estimate of drug-likeness (QED) is 0.621. The van der Waals surface area contributed by atoms with E-state index in [2.05, 4.69) is 15.2 Å². The second-order valence-corrected chi connectivity index (χ2v) is 6.58. The van der Waals surface area contributed by atoms with Gasteiger partial charge in [0, 0.05) is 39.8 Å². The van der Waals surface area contributed by atoms with Crippen LogP contribution in [0.15, 0.2) is 17.1 Å². The third-order valence-corrected chi connectivity index (χ3v) is 4.71. The first-order chi connectivity index (χ1) is 13.1. The Morgan fingerprint density at radius 2 is 1.93 bits per heavy atom. The highest BCUT2D eigenvalue weighted by Crippen LogP contribution is 2.38. The summed E-state index contributed by atoms with van der Waals surface area (Å²) in [7, 11) is 1.75. The number of guanidine groups is 1. The summed E-state index contributed by atoms with van der Waals surface area (Å²) in [6.07, 6.45) is -0.258. The lowest BCUT2D eigenvalue weighted by molar-refractivity contribution is 0.0914. The number of nitrogens with one attached hydrogen (secondary N) is 1. The highest BCUT2D eigenvalue weighted by atomic mass is 35.5. The van der Waals surface area contributed by atoms with Crippen LogP contribution in [0.5, 0.6) is 11.5 Å². The number of ether oxygens (including phenoxy) is 3. The topological polar surface area (TPSA) is 75.6 Å². The summed E-state index contributed by atoms with van der Waals surface area (Å²) >= 11 is 6.29. The van der Waals surface area contributed by atoms with Crippen LogP contribution in [-0.4, -0.2) is 74.9 Å². The largest absolute Gasteiger partial charge is 0.486 e. The molecule has 27 heavy (non-hydrogen) atoms. The number of aliphatic imine (C=N–C) groups is 1. The average Bonchev–Trinajstić information content (AvgIpc) is 2.69. The molecule has 0 saturated carbocycles. The van der Waals surface area contributed by atoms with Crippen LogP contribution >= 0.6 is 11.6 Å². The van der Waals surface area contributed by atoms with E-state index in [1.165, 1.54) is 0 Å². The average molecular weight is 397 g/mol. The van der Waals surface area contributed by atoms with E-state index in [0.29, 0.717) is 69.1 Å². The Morgan fingerprint density at radius 3 is 2.63 bits per heavy atom. The molecule has 1 N–H and O–H groups in total. The molecule has 0 bridgehead atoms. The van der Waals surface area contributed by atoms with Crippen molar-refractivity contribution in [3.63, 3.8) is 0 Å². The van der Waals surface area contributed by atoms with Gasteiger partial charge in [-0.1, -0.05) is 11.6 Å². The van der Waals surface area contributed by atoms with E-state index in [4.69, 9.17) is 25.8 Å². The first-order valence-corrected chi connectivity index (χ1v) is 9.45. The van der Waals surface area contributed by atoms with Gasteiger partial charge in [0.2, 0.25) is 0 Å². The van der Waals surface area contributed by atoms with Crippen LogP contribution in [0.2, 0.25) is 5.02 Å². The van der Waals surface area contributed by atoms with Crippen molar-refractivity contribution < 1.29 is 19.0 Å². The molecule has 0 aliphatic carbocycles. The summed E-state index contributed by atoms with van der Waals surface area (Å²) in [5.74, 6) is 2.05. The molecular weight excluding hydrogens is 372 g/mol. The Hall–Kier alpha value is -2.35. The monoisotopic (exact) mass is 396 g/mol. The van der Waals surface area contributed by atoms with E-state index >= 15 is 0 Å². The van der Waals surface area contributed by atoms with E-state index in [0.717, 1.165) is 11.5 Å². The number of hydrogen-bond donors (Lipinski definition) is 1. The fourth-order valence-corrected chi connectivity index (χ4v) is 3.38. The van der Waals surface area contributed by atoms with Crippen LogP contribution in [0.1, 0.15) is 12.5 Å². The fourth-order valence-electron chi connectivity index (χ4n) is 3.10. The van der Waals surface area contributed by atoms with Crippen LogP contribution in [0.4, 0.5) is 4.79 Å². The molecule has 1 amide bonds. The Morgan fingerprint density at radius 1 is 1.22 bits per heavy atom. The van der Waals surface area contributed by atoms with Gasteiger partial charge in [0.15, 0.2) is 17.5 Å². The fraction of sp³-hybridized carbons (Fsp3) is 0.556. The molecular formula is C18H25ClN4O4. The molecule has 0 aromatic heterocycles. The van der Waals surface area contributed by atoms with Crippen LogP contribution in [-0.2, 0) is 11.3 Å². The molecule has 1 saturated heterocycles. The summed E-state index contributed by atoms with van der Waals surface area (Å²) in [6.45, 7) is 6.39. The molecule has 2 aliphatic rings. The van der Waals surface area contributed by atoms with Crippen molar-refractivity contribution in [2.24, 2.45) is 4.99 Å². The first-order valence-electron chi connectivity index (χ1n) is 9.07. The van der Waals surface area contributed by atoms with Crippen LogP contribution < -0.4 is 14.8 Å². The SMILES string of the molecule is CCOC(=O)N1CCN(C(=NC)NCc2cc(Cl)c3c(c2)OCCO3)CC1. The van der Waals surface area contributed by atoms with Crippen molar-refractivity contribution in [2.45, 2.75) is 13.5 Å². The van der Waals surface area contributed by atoms with E-state index in [1.807, 2.05) is 19.1 Å². The van der Waals surface area contributed by atoms with Crippen molar-refractivity contribution in [2.75, 3.05) is 53.0 Å². The minimum atomic E-state index is -0.258. The number of halogens is 1. The van der Waals surface area contributed by atoms with Crippen molar-refractivity contribution >= 4 is 23.7 Å². The smallest absolute Gasteiger partial charge is 0.409 e. The van der Waals surface area contributed by atoms with Gasteiger partial charge in [-0.2, -0.15) is 0 Å². The lowest BCUT2D eigenvalue weighted by Crippen LogP contribution is -2.53. The molecule has 2 heterocycles. The predicted molar refractivity (Wildman–Crippen MR) is 103 cm³/mol. The molecule has 148 valence electrons. The summed E-state index contributed by atoms with van der Waals surface area (Å²) < 4.78 is 16.2. The number of carbonyl (C=O) groups excluding carboxylic acids is 1. The summed E-state index contributed by atoms with van der Waals surface area (Å²) in [5, 5.41) is 3.89. The maximum absolute atomic E-state index is 11.8. The molecule has 0 spiro atoms. The number of benzene rings is 1. The molecule has 3 rings (SSSR count). The van der Waals surface area contributed by atoms with Gasteiger partial charge in [0.1, 0.15) is 13.2 Å². The molecule has 1 aromatic carbocycles. The second kappa shape index (κ2) is 9.03. The first kappa shape index (κ1) is 19.4. The number of nitrogens with zero attached hydrogens (tertiary/aromatic N) is 3. The third kappa shape index (κ3) is 4.68. The van der Waals surface area contributed by atoms with E-state index in [9.17, 15) is 4.79 Å². The van der Waals surface area contributed by atoms with E-state index in [1.54, 1.807) is 11.9 Å². The number of piperazine rings is 1. The zero-order valence-corrected chi connectivity index (χ0v) is 16.4. The normalized spacial score (nSPS) is 16.9. The Labute approximate surface area is 164 Å². The molecule has 0 atom stereocenters. The minimum absolute atomic E-state index is 0.258.